The molecule has 1 N–H and O–H groups in total. The van der Waals surface area contributed by atoms with E-state index in [1.807, 2.05) is 0 Å². The number of imide groups is 1. The van der Waals surface area contributed by atoms with E-state index < -0.39 is 6.09 Å². The minimum Gasteiger partial charge on any atom is -0.490 e. The highest BCUT2D eigenvalue weighted by Crippen LogP contribution is 2.24. The van der Waals surface area contributed by atoms with Crippen LogP contribution in [-0.4, -0.2) is 47.4 Å². The Morgan fingerprint density at radius 1 is 1.18 bits per heavy atom. The molecule has 0 aromatic heterocycles. The third-order valence-corrected chi connectivity index (χ3v) is 4.05. The van der Waals surface area contributed by atoms with Gasteiger partial charge < -0.3 is 14.6 Å². The SMILES string of the molecule is O=C1OCCN1C(=O)c1ccc(OC2CCC(O)CC2)cc1. The number of ether oxygens (including phenoxy) is 2. The quantitative estimate of drug-likeness (QED) is 0.924. The number of aliphatic hydroxyl groups is 1. The van der Waals surface area contributed by atoms with Crippen molar-refractivity contribution < 1.29 is 24.2 Å². The topological polar surface area (TPSA) is 76.1 Å². The van der Waals surface area contributed by atoms with E-state index in [4.69, 9.17) is 9.47 Å². The summed E-state index contributed by atoms with van der Waals surface area (Å²) < 4.78 is 10.6. The van der Waals surface area contributed by atoms with Gasteiger partial charge in [0.15, 0.2) is 0 Å². The van der Waals surface area contributed by atoms with Crippen LogP contribution in [0.5, 0.6) is 5.75 Å². The molecule has 6 nitrogen and oxygen atoms in total. The van der Waals surface area contributed by atoms with Crippen molar-refractivity contribution in [2.24, 2.45) is 0 Å². The molecule has 1 heterocycles. The third kappa shape index (κ3) is 3.22. The van der Waals surface area contributed by atoms with Crippen LogP contribution in [0.4, 0.5) is 4.79 Å². The van der Waals surface area contributed by atoms with Gasteiger partial charge in [-0.15, -0.1) is 0 Å². The Hall–Kier alpha value is -2.08. The maximum atomic E-state index is 12.2. The first-order valence-electron chi connectivity index (χ1n) is 7.57. The van der Waals surface area contributed by atoms with Crippen molar-refractivity contribution in [3.8, 4) is 5.75 Å². The highest BCUT2D eigenvalue weighted by Gasteiger charge is 2.29. The number of cyclic esters (lactones) is 1. The number of rotatable bonds is 3. The zero-order valence-corrected chi connectivity index (χ0v) is 12.2. The predicted molar refractivity (Wildman–Crippen MR) is 77.7 cm³/mol. The summed E-state index contributed by atoms with van der Waals surface area (Å²) in [6.07, 6.45) is 2.50. The van der Waals surface area contributed by atoms with Gasteiger partial charge in [0.1, 0.15) is 12.4 Å². The lowest BCUT2D eigenvalue weighted by atomic mass is 9.95. The van der Waals surface area contributed by atoms with E-state index in [-0.39, 0.29) is 24.7 Å². The van der Waals surface area contributed by atoms with Crippen LogP contribution < -0.4 is 4.74 Å². The molecule has 0 unspecified atom stereocenters. The first-order chi connectivity index (χ1) is 10.6. The number of amides is 2. The summed E-state index contributed by atoms with van der Waals surface area (Å²) in [5.74, 6) is 0.344. The van der Waals surface area contributed by atoms with Crippen LogP contribution in [0, 0.1) is 0 Å². The second-order valence-corrected chi connectivity index (χ2v) is 5.64. The summed E-state index contributed by atoms with van der Waals surface area (Å²) in [7, 11) is 0. The van der Waals surface area contributed by atoms with Crippen molar-refractivity contribution in [1.82, 2.24) is 4.90 Å². The van der Waals surface area contributed by atoms with Crippen LogP contribution in [-0.2, 0) is 4.74 Å². The first kappa shape index (κ1) is 14.8. The van der Waals surface area contributed by atoms with Crippen molar-refractivity contribution in [3.05, 3.63) is 29.8 Å². The third-order valence-electron chi connectivity index (χ3n) is 4.05. The minimum absolute atomic E-state index is 0.110. The molecule has 2 amide bonds. The average Bonchev–Trinajstić information content (AvgIpc) is 2.96. The molecule has 0 atom stereocenters. The Kier molecular flexibility index (Phi) is 4.29. The van der Waals surface area contributed by atoms with E-state index in [1.54, 1.807) is 24.3 Å². The van der Waals surface area contributed by atoms with Crippen molar-refractivity contribution in [2.75, 3.05) is 13.2 Å². The highest BCUT2D eigenvalue weighted by atomic mass is 16.6. The molecule has 118 valence electrons. The molecule has 2 aliphatic rings. The van der Waals surface area contributed by atoms with Gasteiger partial charge in [0.25, 0.3) is 5.91 Å². The van der Waals surface area contributed by atoms with Crippen LogP contribution in [0.3, 0.4) is 0 Å². The van der Waals surface area contributed by atoms with E-state index in [2.05, 4.69) is 0 Å². The summed E-state index contributed by atoms with van der Waals surface area (Å²) in [4.78, 5) is 24.6. The van der Waals surface area contributed by atoms with Crippen LogP contribution in [0.2, 0.25) is 0 Å². The van der Waals surface area contributed by atoms with E-state index in [0.717, 1.165) is 30.6 Å². The molecular weight excluding hydrogens is 286 g/mol. The number of aliphatic hydroxyl groups excluding tert-OH is 1. The van der Waals surface area contributed by atoms with Gasteiger partial charge >= 0.3 is 6.09 Å². The molecule has 1 aromatic carbocycles. The van der Waals surface area contributed by atoms with Crippen LogP contribution >= 0.6 is 0 Å². The lowest BCUT2D eigenvalue weighted by molar-refractivity contribution is 0.0665. The van der Waals surface area contributed by atoms with Crippen molar-refractivity contribution >= 4 is 12.0 Å². The zero-order valence-electron chi connectivity index (χ0n) is 12.2. The molecule has 1 saturated carbocycles. The molecule has 1 aliphatic heterocycles. The van der Waals surface area contributed by atoms with Gasteiger partial charge in [-0.1, -0.05) is 0 Å². The van der Waals surface area contributed by atoms with Crippen LogP contribution in [0.25, 0.3) is 0 Å². The predicted octanol–water partition coefficient (Wildman–Crippen LogP) is 1.96. The van der Waals surface area contributed by atoms with Gasteiger partial charge in [-0.2, -0.15) is 0 Å². The monoisotopic (exact) mass is 305 g/mol. The average molecular weight is 305 g/mol. The van der Waals surface area contributed by atoms with Crippen LogP contribution in [0.15, 0.2) is 24.3 Å². The fourth-order valence-electron chi connectivity index (χ4n) is 2.77. The normalized spacial score (nSPS) is 25.0. The Morgan fingerprint density at radius 2 is 1.86 bits per heavy atom. The van der Waals surface area contributed by atoms with Gasteiger partial charge in [-0.25, -0.2) is 9.69 Å². The molecule has 0 radical (unpaired) electrons. The molecule has 22 heavy (non-hydrogen) atoms. The number of nitrogens with zero attached hydrogens (tertiary/aromatic N) is 1. The van der Waals surface area contributed by atoms with Gasteiger partial charge in [0.05, 0.1) is 18.8 Å². The first-order valence-corrected chi connectivity index (χ1v) is 7.57. The molecular formula is C16H19NO5. The maximum Gasteiger partial charge on any atom is 0.416 e. The Balaban J connectivity index is 1.60. The number of carbonyl (C=O) groups is 2. The fourth-order valence-corrected chi connectivity index (χ4v) is 2.77. The Bertz CT molecular complexity index is 548. The van der Waals surface area contributed by atoms with Crippen molar-refractivity contribution in [2.45, 2.75) is 37.9 Å². The van der Waals surface area contributed by atoms with Crippen molar-refractivity contribution in [3.63, 3.8) is 0 Å². The van der Waals surface area contributed by atoms with Gasteiger partial charge in [0, 0.05) is 5.56 Å². The second kappa shape index (κ2) is 6.36. The van der Waals surface area contributed by atoms with Gasteiger partial charge in [-0.05, 0) is 49.9 Å². The molecule has 6 heteroatoms. The Morgan fingerprint density at radius 3 is 2.45 bits per heavy atom. The second-order valence-electron chi connectivity index (χ2n) is 5.64. The van der Waals surface area contributed by atoms with E-state index in [1.165, 1.54) is 0 Å². The largest absolute Gasteiger partial charge is 0.490 e. The van der Waals surface area contributed by atoms with Gasteiger partial charge in [-0.3, -0.25) is 4.79 Å². The van der Waals surface area contributed by atoms with E-state index in [0.29, 0.717) is 17.9 Å². The summed E-state index contributed by atoms with van der Waals surface area (Å²) in [5, 5.41) is 9.48. The summed E-state index contributed by atoms with van der Waals surface area (Å²) in [6.45, 7) is 0.541. The van der Waals surface area contributed by atoms with Crippen LogP contribution in [0.1, 0.15) is 36.0 Å². The van der Waals surface area contributed by atoms with E-state index in [9.17, 15) is 14.7 Å². The molecule has 2 fully saturated rings. The van der Waals surface area contributed by atoms with E-state index >= 15 is 0 Å². The standard InChI is InChI=1S/C16H19NO5/c18-12-3-7-14(8-4-12)22-13-5-1-11(2-6-13)15(19)17-9-10-21-16(17)20/h1-2,5-6,12,14,18H,3-4,7-10H2. The zero-order chi connectivity index (χ0) is 15.5. The maximum absolute atomic E-state index is 12.2. The molecule has 1 aliphatic carbocycles. The molecule has 0 spiro atoms. The van der Waals surface area contributed by atoms with Gasteiger partial charge in [0.2, 0.25) is 0 Å². The smallest absolute Gasteiger partial charge is 0.416 e. The van der Waals surface area contributed by atoms with Crippen molar-refractivity contribution in [1.29, 1.82) is 0 Å². The molecule has 1 aromatic rings. The summed E-state index contributed by atoms with van der Waals surface area (Å²) in [6, 6.07) is 6.78. The number of hydrogen-bond donors (Lipinski definition) is 1. The minimum atomic E-state index is -0.592. The molecule has 0 bridgehead atoms. The fraction of sp³-hybridized carbons (Fsp3) is 0.500. The number of benzene rings is 1. The molecule has 3 rings (SSSR count). The lowest BCUT2D eigenvalue weighted by Gasteiger charge is -2.26. The number of carbonyl (C=O) groups excluding carboxylic acids is 2. The Labute approximate surface area is 128 Å². The molecule has 1 saturated heterocycles. The summed E-state index contributed by atoms with van der Waals surface area (Å²) in [5.41, 5.74) is 0.435. The lowest BCUT2D eigenvalue weighted by Crippen LogP contribution is -2.31. The highest BCUT2D eigenvalue weighted by molar-refractivity contribution is 6.03. The number of hydrogen-bond acceptors (Lipinski definition) is 5. The summed E-state index contributed by atoms with van der Waals surface area (Å²) >= 11 is 0.